The number of hydrogen-bond donors (Lipinski definition) is 2. The molecule has 146 valence electrons. The zero-order valence-corrected chi connectivity index (χ0v) is 17.0. The number of rotatable bonds is 5. The highest BCUT2D eigenvalue weighted by Crippen LogP contribution is 2.31. The third-order valence-corrected chi connectivity index (χ3v) is 5.06. The highest BCUT2D eigenvalue weighted by molar-refractivity contribution is 6.30. The van der Waals surface area contributed by atoms with Crippen molar-refractivity contribution in [1.82, 2.24) is 4.98 Å². The van der Waals surface area contributed by atoms with Gasteiger partial charge in [-0.05, 0) is 55.8 Å². The van der Waals surface area contributed by atoms with Gasteiger partial charge in [0.25, 0.3) is 0 Å². The number of benzene rings is 3. The predicted octanol–water partition coefficient (Wildman–Crippen LogP) is 6.20. The van der Waals surface area contributed by atoms with Gasteiger partial charge in [-0.1, -0.05) is 35.4 Å². The second-order valence-electron chi connectivity index (χ2n) is 7.08. The van der Waals surface area contributed by atoms with Gasteiger partial charge in [0, 0.05) is 40.5 Å². The summed E-state index contributed by atoms with van der Waals surface area (Å²) < 4.78 is 6.18. The summed E-state index contributed by atoms with van der Waals surface area (Å²) in [5, 5.41) is 4.69. The normalized spacial score (nSPS) is 10.9. The summed E-state index contributed by atoms with van der Waals surface area (Å²) in [6.45, 7) is 4.64. The number of nitrogens with one attached hydrogen (secondary N) is 2. The van der Waals surface area contributed by atoms with Crippen molar-refractivity contribution in [3.05, 3.63) is 98.8 Å². The van der Waals surface area contributed by atoms with E-state index in [4.69, 9.17) is 16.3 Å². The fraction of sp³-hybridized carbons (Fsp3) is 0.125. The SMILES string of the molecule is Cc1ccc(Oc2cc(Cl)ccc2CNc2ccc3c(=O)cc[nH]c3c2)c(C)c1. The highest BCUT2D eigenvalue weighted by Gasteiger charge is 2.09. The summed E-state index contributed by atoms with van der Waals surface area (Å²) in [6, 6.07) is 18.9. The molecule has 0 saturated heterocycles. The second-order valence-corrected chi connectivity index (χ2v) is 7.52. The molecule has 29 heavy (non-hydrogen) atoms. The maximum Gasteiger partial charge on any atom is 0.189 e. The van der Waals surface area contributed by atoms with Crippen LogP contribution in [0, 0.1) is 13.8 Å². The fourth-order valence-electron chi connectivity index (χ4n) is 3.28. The van der Waals surface area contributed by atoms with Crippen LogP contribution in [0.4, 0.5) is 5.69 Å². The second kappa shape index (κ2) is 8.02. The Morgan fingerprint density at radius 2 is 1.83 bits per heavy atom. The largest absolute Gasteiger partial charge is 0.457 e. The Labute approximate surface area is 174 Å². The summed E-state index contributed by atoms with van der Waals surface area (Å²) in [6.07, 6.45) is 1.66. The maximum absolute atomic E-state index is 11.9. The molecule has 0 fully saturated rings. The summed E-state index contributed by atoms with van der Waals surface area (Å²) >= 11 is 6.21. The van der Waals surface area contributed by atoms with E-state index in [1.807, 2.05) is 55.5 Å². The average molecular weight is 405 g/mol. The molecule has 0 bridgehead atoms. The first-order chi connectivity index (χ1) is 14.0. The topological polar surface area (TPSA) is 54.1 Å². The first-order valence-electron chi connectivity index (χ1n) is 9.38. The van der Waals surface area contributed by atoms with Gasteiger partial charge in [0.05, 0.1) is 5.52 Å². The van der Waals surface area contributed by atoms with E-state index in [1.54, 1.807) is 6.20 Å². The lowest BCUT2D eigenvalue weighted by Crippen LogP contribution is -2.04. The zero-order chi connectivity index (χ0) is 20.4. The minimum Gasteiger partial charge on any atom is -0.457 e. The van der Waals surface area contributed by atoms with Crippen LogP contribution in [0.2, 0.25) is 5.02 Å². The van der Waals surface area contributed by atoms with Gasteiger partial charge in [-0.15, -0.1) is 0 Å². The van der Waals surface area contributed by atoms with Gasteiger partial charge in [0.1, 0.15) is 11.5 Å². The summed E-state index contributed by atoms with van der Waals surface area (Å²) in [5.41, 5.74) is 4.96. The monoisotopic (exact) mass is 404 g/mol. The Morgan fingerprint density at radius 3 is 2.66 bits per heavy atom. The van der Waals surface area contributed by atoms with Gasteiger partial charge in [-0.25, -0.2) is 0 Å². The maximum atomic E-state index is 11.9. The number of anilines is 1. The molecule has 2 N–H and O–H groups in total. The van der Waals surface area contributed by atoms with Crippen LogP contribution in [0.5, 0.6) is 11.5 Å². The van der Waals surface area contributed by atoms with Gasteiger partial charge < -0.3 is 15.0 Å². The summed E-state index contributed by atoms with van der Waals surface area (Å²) in [7, 11) is 0. The Bertz CT molecular complexity index is 1250. The van der Waals surface area contributed by atoms with E-state index in [0.717, 1.165) is 28.1 Å². The van der Waals surface area contributed by atoms with Crippen LogP contribution in [-0.4, -0.2) is 4.98 Å². The van der Waals surface area contributed by atoms with Crippen molar-refractivity contribution in [3.63, 3.8) is 0 Å². The van der Waals surface area contributed by atoms with E-state index in [-0.39, 0.29) is 5.43 Å². The molecule has 0 radical (unpaired) electrons. The van der Waals surface area contributed by atoms with Crippen LogP contribution in [-0.2, 0) is 6.54 Å². The van der Waals surface area contributed by atoms with Crippen LogP contribution in [0.25, 0.3) is 10.9 Å². The van der Waals surface area contributed by atoms with E-state index >= 15 is 0 Å². The number of H-pyrrole nitrogens is 1. The Balaban J connectivity index is 1.58. The number of fused-ring (bicyclic) bond motifs is 1. The number of hydrogen-bond acceptors (Lipinski definition) is 3. The molecule has 4 aromatic rings. The predicted molar refractivity (Wildman–Crippen MR) is 119 cm³/mol. The third kappa shape index (κ3) is 4.28. The van der Waals surface area contributed by atoms with Crippen molar-refractivity contribution in [2.24, 2.45) is 0 Å². The Morgan fingerprint density at radius 1 is 0.966 bits per heavy atom. The van der Waals surface area contributed by atoms with Crippen molar-refractivity contribution < 1.29 is 4.74 Å². The molecule has 0 amide bonds. The number of pyridine rings is 1. The molecule has 0 aliphatic carbocycles. The smallest absolute Gasteiger partial charge is 0.189 e. The Kier molecular flexibility index (Phi) is 5.28. The van der Waals surface area contributed by atoms with Crippen LogP contribution < -0.4 is 15.5 Å². The quantitative estimate of drug-likeness (QED) is 0.416. The van der Waals surface area contributed by atoms with Crippen molar-refractivity contribution in [2.45, 2.75) is 20.4 Å². The minimum atomic E-state index is 0.00663. The zero-order valence-electron chi connectivity index (χ0n) is 16.3. The van der Waals surface area contributed by atoms with E-state index in [2.05, 4.69) is 23.3 Å². The molecule has 1 aromatic heterocycles. The van der Waals surface area contributed by atoms with Crippen LogP contribution in [0.1, 0.15) is 16.7 Å². The highest BCUT2D eigenvalue weighted by atomic mass is 35.5. The Hall–Kier alpha value is -3.24. The van der Waals surface area contributed by atoms with E-state index in [9.17, 15) is 4.79 Å². The molecular weight excluding hydrogens is 384 g/mol. The number of aromatic amines is 1. The van der Waals surface area contributed by atoms with Crippen LogP contribution in [0.3, 0.4) is 0 Å². The molecule has 0 spiro atoms. The standard InChI is InChI=1S/C24H21ClN2O2/c1-15-3-8-23(16(2)11-15)29-24-12-18(25)5-4-17(24)14-27-19-6-7-20-21(13-19)26-10-9-22(20)28/h3-13,27H,14H2,1-2H3,(H,26,28). The van der Waals surface area contributed by atoms with Crippen LogP contribution in [0.15, 0.2) is 71.7 Å². The summed E-state index contributed by atoms with van der Waals surface area (Å²) in [4.78, 5) is 15.0. The molecule has 0 atom stereocenters. The number of ether oxygens (including phenoxy) is 1. The van der Waals surface area contributed by atoms with Gasteiger partial charge in [0.2, 0.25) is 0 Å². The lowest BCUT2D eigenvalue weighted by molar-refractivity contribution is 0.473. The van der Waals surface area contributed by atoms with Crippen molar-refractivity contribution in [1.29, 1.82) is 0 Å². The third-order valence-electron chi connectivity index (χ3n) is 4.82. The van der Waals surface area contributed by atoms with Crippen molar-refractivity contribution >= 4 is 28.2 Å². The van der Waals surface area contributed by atoms with Crippen molar-refractivity contribution in [3.8, 4) is 11.5 Å². The van der Waals surface area contributed by atoms with Crippen LogP contribution >= 0.6 is 11.6 Å². The number of halogens is 1. The molecule has 0 unspecified atom stereocenters. The first kappa shape index (κ1) is 19.1. The number of aryl methyl sites for hydroxylation is 2. The lowest BCUT2D eigenvalue weighted by Gasteiger charge is -2.15. The molecular formula is C24H21ClN2O2. The first-order valence-corrected chi connectivity index (χ1v) is 9.76. The molecule has 0 aliphatic heterocycles. The molecule has 4 nitrogen and oxygen atoms in total. The molecule has 5 heteroatoms. The van der Waals surface area contributed by atoms with E-state index in [0.29, 0.717) is 22.7 Å². The van der Waals surface area contributed by atoms with E-state index in [1.165, 1.54) is 11.6 Å². The minimum absolute atomic E-state index is 0.00663. The molecule has 4 rings (SSSR count). The molecule has 3 aromatic carbocycles. The van der Waals surface area contributed by atoms with Crippen molar-refractivity contribution in [2.75, 3.05) is 5.32 Å². The lowest BCUT2D eigenvalue weighted by atomic mass is 10.1. The molecule has 0 aliphatic rings. The fourth-order valence-corrected chi connectivity index (χ4v) is 3.45. The average Bonchev–Trinajstić information content (AvgIpc) is 2.69. The molecule has 0 saturated carbocycles. The molecule has 1 heterocycles. The number of aromatic nitrogens is 1. The van der Waals surface area contributed by atoms with Gasteiger partial charge in [-0.3, -0.25) is 4.79 Å². The summed E-state index contributed by atoms with van der Waals surface area (Å²) in [5.74, 6) is 1.52. The van der Waals surface area contributed by atoms with Gasteiger partial charge >= 0.3 is 0 Å². The van der Waals surface area contributed by atoms with Gasteiger partial charge in [0.15, 0.2) is 5.43 Å². The van der Waals surface area contributed by atoms with Gasteiger partial charge in [-0.2, -0.15) is 0 Å². The van der Waals surface area contributed by atoms with E-state index < -0.39 is 0 Å².